The average Bonchev–Trinajstić information content (AvgIpc) is 3.03. The van der Waals surface area contributed by atoms with Gasteiger partial charge in [-0.3, -0.25) is 0 Å². The van der Waals surface area contributed by atoms with E-state index in [1.54, 1.807) is 6.33 Å². The van der Waals surface area contributed by atoms with Gasteiger partial charge in [0.05, 0.1) is 5.69 Å². The van der Waals surface area contributed by atoms with E-state index in [0.717, 1.165) is 12.0 Å². The van der Waals surface area contributed by atoms with E-state index in [1.165, 1.54) is 0 Å². The van der Waals surface area contributed by atoms with Crippen LogP contribution in [0.5, 0.6) is 0 Å². The Morgan fingerprint density at radius 1 is 1.29 bits per heavy atom. The Hall–Kier alpha value is -2.41. The first-order valence-corrected chi connectivity index (χ1v) is 8.20. The summed E-state index contributed by atoms with van der Waals surface area (Å²) in [5, 5.41) is 22.8. The second kappa shape index (κ2) is 8.44. The Balaban J connectivity index is 2.14. The molecule has 1 aromatic heterocycles. The zero-order valence-corrected chi connectivity index (χ0v) is 14.4. The molecule has 2 amide bonds. The van der Waals surface area contributed by atoms with Gasteiger partial charge in [0.2, 0.25) is 0 Å². The van der Waals surface area contributed by atoms with Gasteiger partial charge < -0.3 is 20.3 Å². The van der Waals surface area contributed by atoms with Gasteiger partial charge in [0, 0.05) is 24.3 Å². The molecule has 0 spiro atoms. The number of rotatable bonds is 7. The zero-order chi connectivity index (χ0) is 17.5. The first kappa shape index (κ1) is 17.9. The highest BCUT2D eigenvalue weighted by Gasteiger charge is 2.15. The molecule has 0 aliphatic heterocycles. The Labute approximate surface area is 142 Å². The molecule has 0 saturated heterocycles. The minimum atomic E-state index is -0.275. The summed E-state index contributed by atoms with van der Waals surface area (Å²) in [5.41, 5.74) is 1.50. The normalized spacial score (nSPS) is 12.2. The quantitative estimate of drug-likeness (QED) is 0.727. The number of nitrogens with one attached hydrogen (secondary N) is 2. The zero-order valence-electron chi connectivity index (χ0n) is 14.4. The maximum Gasteiger partial charge on any atom is 0.319 e. The van der Waals surface area contributed by atoms with Crippen LogP contribution in [0.15, 0.2) is 30.6 Å². The topological polar surface area (TPSA) is 92.1 Å². The highest BCUT2D eigenvalue weighted by atomic mass is 16.3. The molecule has 130 valence electrons. The number of urea groups is 1. The third kappa shape index (κ3) is 4.55. The first-order valence-electron chi connectivity index (χ1n) is 8.20. The monoisotopic (exact) mass is 331 g/mol. The number of hydrogen-bond acceptors (Lipinski definition) is 4. The van der Waals surface area contributed by atoms with Crippen LogP contribution >= 0.6 is 0 Å². The lowest BCUT2D eigenvalue weighted by atomic mass is 10.1. The van der Waals surface area contributed by atoms with Crippen LogP contribution in [0.4, 0.5) is 10.5 Å². The highest BCUT2D eigenvalue weighted by molar-refractivity contribution is 5.93. The molecule has 0 aliphatic rings. The minimum Gasteiger partial charge on any atom is -0.396 e. The highest BCUT2D eigenvalue weighted by Crippen LogP contribution is 2.27. The van der Waals surface area contributed by atoms with E-state index in [4.69, 9.17) is 5.11 Å². The molecule has 0 bridgehead atoms. The third-order valence-electron chi connectivity index (χ3n) is 3.72. The third-order valence-corrected chi connectivity index (χ3v) is 3.72. The smallest absolute Gasteiger partial charge is 0.319 e. The van der Waals surface area contributed by atoms with E-state index >= 15 is 0 Å². The number of benzene rings is 1. The summed E-state index contributed by atoms with van der Waals surface area (Å²) in [7, 11) is 0. The van der Waals surface area contributed by atoms with Gasteiger partial charge in [0.15, 0.2) is 5.82 Å². The minimum absolute atomic E-state index is 0.0105. The molecule has 0 fully saturated rings. The Morgan fingerprint density at radius 3 is 2.75 bits per heavy atom. The van der Waals surface area contributed by atoms with E-state index < -0.39 is 0 Å². The summed E-state index contributed by atoms with van der Waals surface area (Å²) in [6.45, 7) is 6.15. The number of para-hydroxylation sites is 1. The molecule has 0 saturated carbocycles. The standard InChI is InChI=1S/C17H25N5O2/c1-12(2)22-11-18-21-16(22)14-8-4-5-9-15(14)20-17(24)19-13(3)7-6-10-23/h4-5,8-9,11-13,23H,6-7,10H2,1-3H3,(H2,19,20,24). The van der Waals surface area contributed by atoms with Crippen LogP contribution in [0, 0.1) is 0 Å². The molecule has 3 N–H and O–H groups in total. The average molecular weight is 331 g/mol. The molecule has 1 unspecified atom stereocenters. The van der Waals surface area contributed by atoms with E-state index in [1.807, 2.05) is 35.8 Å². The van der Waals surface area contributed by atoms with Crippen molar-refractivity contribution in [3.05, 3.63) is 30.6 Å². The molecule has 0 radical (unpaired) electrons. The molecule has 7 heteroatoms. The Morgan fingerprint density at radius 2 is 2.04 bits per heavy atom. The van der Waals surface area contributed by atoms with Gasteiger partial charge in [-0.15, -0.1) is 10.2 Å². The number of aliphatic hydroxyl groups excluding tert-OH is 1. The fourth-order valence-corrected chi connectivity index (χ4v) is 2.45. The van der Waals surface area contributed by atoms with Crippen LogP contribution in [0.3, 0.4) is 0 Å². The van der Waals surface area contributed by atoms with Gasteiger partial charge in [0.25, 0.3) is 0 Å². The van der Waals surface area contributed by atoms with Crippen molar-refractivity contribution in [2.24, 2.45) is 0 Å². The lowest BCUT2D eigenvalue weighted by Gasteiger charge is -2.16. The SMILES string of the molecule is CC(CCCO)NC(=O)Nc1ccccc1-c1nncn1C(C)C. The molecular formula is C17H25N5O2. The molecule has 0 aliphatic carbocycles. The lowest BCUT2D eigenvalue weighted by molar-refractivity contribution is 0.245. The van der Waals surface area contributed by atoms with Crippen molar-refractivity contribution in [1.29, 1.82) is 0 Å². The van der Waals surface area contributed by atoms with Crippen LogP contribution in [0.25, 0.3) is 11.4 Å². The van der Waals surface area contributed by atoms with Crippen LogP contribution in [-0.4, -0.2) is 38.6 Å². The van der Waals surface area contributed by atoms with E-state index in [-0.39, 0.29) is 24.7 Å². The largest absolute Gasteiger partial charge is 0.396 e. The molecule has 1 atom stereocenters. The molecule has 7 nitrogen and oxygen atoms in total. The molecule has 1 aromatic carbocycles. The second-order valence-corrected chi connectivity index (χ2v) is 6.07. The number of aliphatic hydroxyl groups is 1. The van der Waals surface area contributed by atoms with E-state index in [9.17, 15) is 4.79 Å². The molecule has 2 aromatic rings. The number of carbonyl (C=O) groups excluding carboxylic acids is 1. The fourth-order valence-electron chi connectivity index (χ4n) is 2.45. The predicted octanol–water partition coefficient (Wildman–Crippen LogP) is 2.81. The van der Waals surface area contributed by atoms with Crippen molar-refractivity contribution >= 4 is 11.7 Å². The van der Waals surface area contributed by atoms with Crippen molar-refractivity contribution in [2.45, 2.75) is 45.7 Å². The van der Waals surface area contributed by atoms with Crippen molar-refractivity contribution < 1.29 is 9.90 Å². The van der Waals surface area contributed by atoms with Crippen LogP contribution in [0.2, 0.25) is 0 Å². The predicted molar refractivity (Wildman–Crippen MR) is 93.8 cm³/mol. The summed E-state index contributed by atoms with van der Waals surface area (Å²) in [6, 6.07) is 7.45. The second-order valence-electron chi connectivity index (χ2n) is 6.07. The number of anilines is 1. The lowest BCUT2D eigenvalue weighted by Crippen LogP contribution is -2.36. The van der Waals surface area contributed by atoms with E-state index in [0.29, 0.717) is 17.9 Å². The number of carbonyl (C=O) groups is 1. The van der Waals surface area contributed by atoms with Gasteiger partial charge in [-0.05, 0) is 45.7 Å². The molecule has 24 heavy (non-hydrogen) atoms. The van der Waals surface area contributed by atoms with Crippen LogP contribution in [0.1, 0.15) is 39.7 Å². The molecule has 1 heterocycles. The van der Waals surface area contributed by atoms with Crippen molar-refractivity contribution in [1.82, 2.24) is 20.1 Å². The summed E-state index contributed by atoms with van der Waals surface area (Å²) in [4.78, 5) is 12.2. The van der Waals surface area contributed by atoms with E-state index in [2.05, 4.69) is 34.7 Å². The summed E-state index contributed by atoms with van der Waals surface area (Å²) >= 11 is 0. The summed E-state index contributed by atoms with van der Waals surface area (Å²) in [5.74, 6) is 0.717. The summed E-state index contributed by atoms with van der Waals surface area (Å²) in [6.07, 6.45) is 3.08. The summed E-state index contributed by atoms with van der Waals surface area (Å²) < 4.78 is 1.96. The van der Waals surface area contributed by atoms with Gasteiger partial charge in [-0.2, -0.15) is 0 Å². The van der Waals surface area contributed by atoms with Crippen molar-refractivity contribution in [2.75, 3.05) is 11.9 Å². The molecular weight excluding hydrogens is 306 g/mol. The number of hydrogen-bond donors (Lipinski definition) is 3. The van der Waals surface area contributed by atoms with Gasteiger partial charge in [-0.25, -0.2) is 4.79 Å². The van der Waals surface area contributed by atoms with Gasteiger partial charge >= 0.3 is 6.03 Å². The fraction of sp³-hybridized carbons (Fsp3) is 0.471. The Bertz CT molecular complexity index is 669. The first-order chi connectivity index (χ1) is 11.5. The molecule has 2 rings (SSSR count). The van der Waals surface area contributed by atoms with Crippen LogP contribution < -0.4 is 10.6 Å². The van der Waals surface area contributed by atoms with Gasteiger partial charge in [-0.1, -0.05) is 12.1 Å². The maximum atomic E-state index is 12.2. The number of nitrogens with zero attached hydrogens (tertiary/aromatic N) is 3. The van der Waals surface area contributed by atoms with Crippen molar-refractivity contribution in [3.63, 3.8) is 0 Å². The maximum absolute atomic E-state index is 12.2. The number of amides is 2. The van der Waals surface area contributed by atoms with Crippen molar-refractivity contribution in [3.8, 4) is 11.4 Å². The Kier molecular flexibility index (Phi) is 6.31. The number of aromatic nitrogens is 3. The van der Waals surface area contributed by atoms with Gasteiger partial charge in [0.1, 0.15) is 6.33 Å². The van der Waals surface area contributed by atoms with Crippen LogP contribution in [-0.2, 0) is 0 Å².